The molecule has 4 aromatic carbocycles. The molecule has 4 rings (SSSR count). The number of benzene rings is 4. The molecular formula is C31H31N9O19S6. The Kier molecular flexibility index (Phi) is 15.5. The van der Waals surface area contributed by atoms with Crippen molar-refractivity contribution in [1.82, 2.24) is 0 Å². The summed E-state index contributed by atoms with van der Waals surface area (Å²) in [4.78, 5) is 10.2. The second kappa shape index (κ2) is 19.6. The van der Waals surface area contributed by atoms with Crippen molar-refractivity contribution in [3.63, 3.8) is 0 Å². The summed E-state index contributed by atoms with van der Waals surface area (Å²) in [6, 6.07) is 10.4. The minimum atomic E-state index is -5.31. The second-order valence-corrected chi connectivity index (χ2v) is 22.3. The standard InChI is InChI=1S/C31H31N9O19S6/c1-17(32)62(47,48)22-10-11-23(24(16-22)63(49,50)51)37-39-29-25(31(41)42)28(38-35-18-2-6-20(7-3-18)60(43,44)14-12-58-64(52,53)54)26(33)30(27(29)34)40-36-19-4-8-21(9-5-19)61(45,46)15-13-59-65(55,56)57/h2-11,16,32H,12-15,33-34H2,1H3,(H,41,42)(H,49,50,51)(H,52,53,54)(H,55,56,57). The van der Waals surface area contributed by atoms with Crippen LogP contribution in [-0.4, -0.2) is 105 Å². The number of carboxylic acids is 1. The van der Waals surface area contributed by atoms with Crippen LogP contribution < -0.4 is 11.5 Å². The largest absolute Gasteiger partial charge is 0.478 e. The zero-order chi connectivity index (χ0) is 48.9. The lowest BCUT2D eigenvalue weighted by atomic mass is 10.1. The molecule has 65 heavy (non-hydrogen) atoms. The van der Waals surface area contributed by atoms with Crippen LogP contribution >= 0.6 is 0 Å². The average molecular weight is 1030 g/mol. The van der Waals surface area contributed by atoms with Crippen molar-refractivity contribution in [2.45, 2.75) is 26.5 Å². The molecule has 0 saturated carbocycles. The molecule has 0 fully saturated rings. The molecule has 0 aromatic heterocycles. The number of hydrogen-bond acceptors (Lipinski definition) is 24. The van der Waals surface area contributed by atoms with Crippen LogP contribution in [0.3, 0.4) is 0 Å². The first-order chi connectivity index (χ1) is 29.8. The van der Waals surface area contributed by atoms with Crippen molar-refractivity contribution < 1.29 is 82.4 Å². The highest BCUT2D eigenvalue weighted by molar-refractivity contribution is 8.06. The van der Waals surface area contributed by atoms with Crippen LogP contribution in [0.25, 0.3) is 0 Å². The summed E-state index contributed by atoms with van der Waals surface area (Å²) in [6.45, 7) is -0.967. The van der Waals surface area contributed by atoms with E-state index in [1.807, 2.05) is 0 Å². The number of anilines is 2. The number of rotatable bonds is 19. The van der Waals surface area contributed by atoms with Gasteiger partial charge < -0.3 is 16.6 Å². The zero-order valence-corrected chi connectivity index (χ0v) is 37.3. The van der Waals surface area contributed by atoms with Gasteiger partial charge in [-0.15, -0.1) is 20.5 Å². The molecule has 0 aliphatic rings. The van der Waals surface area contributed by atoms with Gasteiger partial charge in [-0.05, 0) is 73.7 Å². The van der Waals surface area contributed by atoms with E-state index in [9.17, 15) is 65.0 Å². The number of carboxylic acid groups (broad SMARTS) is 1. The van der Waals surface area contributed by atoms with E-state index < -0.39 is 146 Å². The summed E-state index contributed by atoms with van der Waals surface area (Å²) in [6.07, 6.45) is 0. The fourth-order valence-electron chi connectivity index (χ4n) is 4.89. The summed E-state index contributed by atoms with van der Waals surface area (Å²) in [5.41, 5.74) is 6.87. The summed E-state index contributed by atoms with van der Waals surface area (Å²) in [7, 11) is -28.1. The maximum absolute atomic E-state index is 12.8. The lowest BCUT2D eigenvalue weighted by Gasteiger charge is -2.13. The van der Waals surface area contributed by atoms with Crippen molar-refractivity contribution in [3.8, 4) is 0 Å². The molecule has 350 valence electrons. The van der Waals surface area contributed by atoms with Crippen LogP contribution in [0.4, 0.5) is 45.5 Å². The molecule has 0 aliphatic carbocycles. The molecule has 0 bridgehead atoms. The number of nitrogens with zero attached hydrogens (tertiary/aromatic N) is 6. The van der Waals surface area contributed by atoms with E-state index >= 15 is 0 Å². The average Bonchev–Trinajstić information content (AvgIpc) is 3.18. The number of hydrogen-bond donors (Lipinski definition) is 7. The normalized spacial score (nSPS) is 13.2. The summed E-state index contributed by atoms with van der Waals surface area (Å²) in [5, 5.41) is 40.0. The fourth-order valence-corrected chi connectivity index (χ4v) is 9.46. The lowest BCUT2D eigenvalue weighted by molar-refractivity contribution is 0.0698. The predicted octanol–water partition coefficient (Wildman–Crippen LogP) is 4.00. The van der Waals surface area contributed by atoms with E-state index in [4.69, 9.17) is 26.0 Å². The van der Waals surface area contributed by atoms with E-state index in [0.717, 1.165) is 67.6 Å². The molecule has 0 heterocycles. The highest BCUT2D eigenvalue weighted by Crippen LogP contribution is 2.49. The van der Waals surface area contributed by atoms with E-state index in [2.05, 4.69) is 39.1 Å². The minimum absolute atomic E-state index is 0.113. The smallest absolute Gasteiger partial charge is 0.397 e. The Morgan fingerprint density at radius 1 is 0.585 bits per heavy atom. The third-order valence-electron chi connectivity index (χ3n) is 7.98. The molecule has 0 aliphatic heterocycles. The van der Waals surface area contributed by atoms with Crippen LogP contribution in [0.5, 0.6) is 0 Å². The Morgan fingerprint density at radius 2 is 0.969 bits per heavy atom. The first kappa shape index (κ1) is 51.6. The number of nitrogens with one attached hydrogen (secondary N) is 1. The van der Waals surface area contributed by atoms with Gasteiger partial charge in [0.15, 0.2) is 19.7 Å². The molecule has 0 spiro atoms. The zero-order valence-electron chi connectivity index (χ0n) is 32.4. The minimum Gasteiger partial charge on any atom is -0.478 e. The summed E-state index contributed by atoms with van der Waals surface area (Å²) < 4.78 is 179. The van der Waals surface area contributed by atoms with E-state index in [1.54, 1.807) is 0 Å². The summed E-state index contributed by atoms with van der Waals surface area (Å²) in [5.74, 6) is -3.63. The topological polar surface area (TPSA) is 471 Å². The monoisotopic (exact) mass is 1030 g/mol. The molecule has 0 saturated heterocycles. The molecule has 4 aromatic rings. The van der Waals surface area contributed by atoms with Gasteiger partial charge >= 0.3 is 26.8 Å². The van der Waals surface area contributed by atoms with Gasteiger partial charge in [-0.2, -0.15) is 35.5 Å². The van der Waals surface area contributed by atoms with Crippen LogP contribution in [-0.2, 0) is 68.8 Å². The molecule has 9 N–H and O–H groups in total. The van der Waals surface area contributed by atoms with Gasteiger partial charge in [0.25, 0.3) is 10.1 Å². The van der Waals surface area contributed by atoms with Crippen LogP contribution in [0.2, 0.25) is 0 Å². The third-order valence-corrected chi connectivity index (χ3v) is 14.9. The Labute approximate surface area is 368 Å². The third kappa shape index (κ3) is 13.5. The number of carbonyl (C=O) groups is 1. The van der Waals surface area contributed by atoms with E-state index in [-0.39, 0.29) is 21.2 Å². The van der Waals surface area contributed by atoms with Crippen molar-refractivity contribution in [3.05, 3.63) is 72.3 Å². The maximum Gasteiger partial charge on any atom is 0.397 e. The van der Waals surface area contributed by atoms with Gasteiger partial charge in [-0.25, -0.2) is 38.4 Å². The highest BCUT2D eigenvalue weighted by atomic mass is 32.3. The van der Waals surface area contributed by atoms with E-state index in [1.165, 1.54) is 0 Å². The molecule has 0 atom stereocenters. The van der Waals surface area contributed by atoms with Crippen molar-refractivity contribution in [1.29, 1.82) is 5.41 Å². The highest BCUT2D eigenvalue weighted by Gasteiger charge is 2.28. The van der Waals surface area contributed by atoms with Crippen LogP contribution in [0.15, 0.2) is 117 Å². The van der Waals surface area contributed by atoms with Gasteiger partial charge in [0.1, 0.15) is 38.3 Å². The molecule has 0 radical (unpaired) electrons. The lowest BCUT2D eigenvalue weighted by Crippen LogP contribution is -2.15. The first-order valence-electron chi connectivity index (χ1n) is 16.9. The van der Waals surface area contributed by atoms with Gasteiger partial charge in [-0.3, -0.25) is 19.1 Å². The van der Waals surface area contributed by atoms with Gasteiger partial charge in [0.05, 0.1) is 62.2 Å². The van der Waals surface area contributed by atoms with Gasteiger partial charge in [0.2, 0.25) is 9.84 Å². The summed E-state index contributed by atoms with van der Waals surface area (Å²) >= 11 is 0. The molecular weight excluding hydrogens is 995 g/mol. The Hall–Kier alpha value is -6.08. The number of azo groups is 3. The number of nitrogens with two attached hydrogens (primary N) is 2. The van der Waals surface area contributed by atoms with Crippen molar-refractivity contribution in [2.75, 3.05) is 36.2 Å². The molecule has 28 nitrogen and oxygen atoms in total. The number of aromatic carboxylic acids is 1. The van der Waals surface area contributed by atoms with E-state index in [0.29, 0.717) is 6.07 Å². The number of nitrogen functional groups attached to an aromatic ring is 2. The van der Waals surface area contributed by atoms with Gasteiger partial charge in [0, 0.05) is 0 Å². The fraction of sp³-hybridized carbons (Fsp3) is 0.161. The van der Waals surface area contributed by atoms with Crippen molar-refractivity contribution >= 4 is 117 Å². The number of sulfone groups is 3. The molecule has 0 amide bonds. The van der Waals surface area contributed by atoms with Gasteiger partial charge in [-0.1, -0.05) is 0 Å². The van der Waals surface area contributed by atoms with Crippen LogP contribution in [0, 0.1) is 5.41 Å². The Bertz CT molecular complexity index is 3350. The first-order valence-corrected chi connectivity index (χ1v) is 25.8. The Morgan fingerprint density at radius 3 is 1.34 bits per heavy atom. The Balaban J connectivity index is 1.88. The maximum atomic E-state index is 12.8. The van der Waals surface area contributed by atoms with Crippen LogP contribution in [0.1, 0.15) is 17.3 Å². The predicted molar refractivity (Wildman–Crippen MR) is 224 cm³/mol. The van der Waals surface area contributed by atoms with Crippen molar-refractivity contribution in [2.24, 2.45) is 30.7 Å². The second-order valence-electron chi connectivity index (χ2n) is 12.4. The molecule has 34 heteroatoms. The molecule has 0 unspecified atom stereocenters. The quantitative estimate of drug-likeness (QED) is 0.0229. The SMILES string of the molecule is CC(=N)S(=O)(=O)c1ccc(N=Nc2c(N)c(N=Nc3ccc(S(=O)(=O)CCOS(=O)(=O)O)cc3)c(N)c(N=Nc3ccc(S(=O)(=O)CCOS(=O)(=O)O)cc3)c2C(=O)O)c(S(=O)(=O)O)c1.